The number of fused-ring (bicyclic) bond motifs is 1. The largest absolute Gasteiger partial charge is 0.496 e. The fourth-order valence-electron chi connectivity index (χ4n) is 3.56. The number of aromatic amines is 1. The molecule has 0 saturated carbocycles. The molecule has 7 nitrogen and oxygen atoms in total. The predicted molar refractivity (Wildman–Crippen MR) is 134 cm³/mol. The molecular formula is C27H23N5O2. The van der Waals surface area contributed by atoms with Crippen LogP contribution in [0.15, 0.2) is 89.6 Å². The van der Waals surface area contributed by atoms with Gasteiger partial charge in [-0.25, -0.2) is 0 Å². The van der Waals surface area contributed by atoms with Gasteiger partial charge < -0.3 is 9.47 Å². The molecular weight excluding hydrogens is 426 g/mol. The molecule has 3 heterocycles. The van der Waals surface area contributed by atoms with E-state index < -0.39 is 0 Å². The van der Waals surface area contributed by atoms with Gasteiger partial charge in [-0.2, -0.15) is 15.4 Å². The second-order valence-corrected chi connectivity index (χ2v) is 7.71. The molecule has 1 N–H and O–H groups in total. The van der Waals surface area contributed by atoms with E-state index in [4.69, 9.17) is 9.47 Å². The Labute approximate surface area is 197 Å². The van der Waals surface area contributed by atoms with Crippen LogP contribution < -0.4 is 9.47 Å². The first-order chi connectivity index (χ1) is 16.8. The van der Waals surface area contributed by atoms with Crippen molar-refractivity contribution in [1.29, 1.82) is 0 Å². The SMILES string of the molecule is COc1cc(OCc2ccccn2)ccc1/C=C/C1=NCC(/C=C/c2ccc3n[nH]nc3c2)=C1. The van der Waals surface area contributed by atoms with Crippen molar-refractivity contribution >= 4 is 28.9 Å². The number of rotatable bonds is 8. The maximum atomic E-state index is 5.85. The number of methoxy groups -OCH3 is 1. The number of nitrogens with one attached hydrogen (secondary N) is 1. The fourth-order valence-corrected chi connectivity index (χ4v) is 3.56. The van der Waals surface area contributed by atoms with E-state index in [1.54, 1.807) is 13.3 Å². The van der Waals surface area contributed by atoms with Gasteiger partial charge in [-0.1, -0.05) is 24.3 Å². The normalized spacial score (nSPS) is 13.6. The molecule has 0 unspecified atom stereocenters. The Bertz CT molecular complexity index is 1420. The van der Waals surface area contributed by atoms with Crippen LogP contribution in [0.3, 0.4) is 0 Å². The number of pyridine rings is 1. The van der Waals surface area contributed by atoms with Crippen LogP contribution in [0.4, 0.5) is 0 Å². The van der Waals surface area contributed by atoms with Crippen LogP contribution in [0.25, 0.3) is 23.2 Å². The predicted octanol–water partition coefficient (Wildman–Crippen LogP) is 5.05. The van der Waals surface area contributed by atoms with Gasteiger partial charge in [-0.05, 0) is 65.8 Å². The summed E-state index contributed by atoms with van der Waals surface area (Å²) >= 11 is 0. The third-order valence-electron chi connectivity index (χ3n) is 5.36. The highest BCUT2D eigenvalue weighted by Crippen LogP contribution is 2.26. The highest BCUT2D eigenvalue weighted by Gasteiger charge is 2.07. The third-order valence-corrected chi connectivity index (χ3v) is 5.36. The minimum atomic E-state index is 0.406. The van der Waals surface area contributed by atoms with Gasteiger partial charge >= 0.3 is 0 Å². The number of allylic oxidation sites excluding steroid dienone is 2. The molecule has 0 fully saturated rings. The monoisotopic (exact) mass is 449 g/mol. The lowest BCUT2D eigenvalue weighted by molar-refractivity contribution is 0.299. The minimum absolute atomic E-state index is 0.406. The molecule has 5 rings (SSSR count). The first-order valence-electron chi connectivity index (χ1n) is 10.9. The molecule has 1 aliphatic heterocycles. The summed E-state index contributed by atoms with van der Waals surface area (Å²) in [5, 5.41) is 10.8. The van der Waals surface area contributed by atoms with Gasteiger partial charge in [-0.3, -0.25) is 9.98 Å². The summed E-state index contributed by atoms with van der Waals surface area (Å²) < 4.78 is 11.4. The van der Waals surface area contributed by atoms with Crippen molar-refractivity contribution < 1.29 is 9.47 Å². The average Bonchev–Trinajstić information content (AvgIpc) is 3.55. The van der Waals surface area contributed by atoms with E-state index in [1.165, 1.54) is 0 Å². The molecule has 7 heteroatoms. The Morgan fingerprint density at radius 1 is 0.941 bits per heavy atom. The van der Waals surface area contributed by atoms with E-state index in [0.717, 1.165) is 50.6 Å². The molecule has 2 aromatic heterocycles. The maximum absolute atomic E-state index is 5.85. The van der Waals surface area contributed by atoms with Crippen molar-refractivity contribution in [3.63, 3.8) is 0 Å². The van der Waals surface area contributed by atoms with Gasteiger partial charge in [0.2, 0.25) is 0 Å². The highest BCUT2D eigenvalue weighted by molar-refractivity contribution is 6.08. The second-order valence-electron chi connectivity index (χ2n) is 7.71. The smallest absolute Gasteiger partial charge is 0.130 e. The Kier molecular flexibility index (Phi) is 6.25. The van der Waals surface area contributed by atoms with Crippen LogP contribution in [0, 0.1) is 0 Å². The lowest BCUT2D eigenvalue weighted by Crippen LogP contribution is -1.98. The highest BCUT2D eigenvalue weighted by atomic mass is 16.5. The Morgan fingerprint density at radius 3 is 2.76 bits per heavy atom. The summed E-state index contributed by atoms with van der Waals surface area (Å²) in [6, 6.07) is 17.5. The summed E-state index contributed by atoms with van der Waals surface area (Å²) in [6.07, 6.45) is 12.0. The maximum Gasteiger partial charge on any atom is 0.130 e. The quantitative estimate of drug-likeness (QED) is 0.407. The van der Waals surface area contributed by atoms with Crippen LogP contribution in [0.2, 0.25) is 0 Å². The Balaban J connectivity index is 1.22. The van der Waals surface area contributed by atoms with E-state index >= 15 is 0 Å². The zero-order valence-corrected chi connectivity index (χ0v) is 18.7. The van der Waals surface area contributed by atoms with Gasteiger partial charge in [-0.15, -0.1) is 0 Å². The number of hydrogen-bond acceptors (Lipinski definition) is 6. The summed E-state index contributed by atoms with van der Waals surface area (Å²) in [6.45, 7) is 1.06. The van der Waals surface area contributed by atoms with Gasteiger partial charge in [0.25, 0.3) is 0 Å². The van der Waals surface area contributed by atoms with E-state index in [1.807, 2.05) is 66.7 Å². The summed E-state index contributed by atoms with van der Waals surface area (Å²) in [5.74, 6) is 1.47. The molecule has 2 aromatic carbocycles. The third kappa shape index (κ3) is 5.10. The molecule has 0 saturated heterocycles. The Morgan fingerprint density at radius 2 is 1.88 bits per heavy atom. The second kappa shape index (κ2) is 9.95. The summed E-state index contributed by atoms with van der Waals surface area (Å²) in [7, 11) is 1.65. The van der Waals surface area contributed by atoms with Crippen LogP contribution >= 0.6 is 0 Å². The molecule has 4 aromatic rings. The lowest BCUT2D eigenvalue weighted by atomic mass is 10.1. The van der Waals surface area contributed by atoms with Gasteiger partial charge in [0.05, 0.1) is 25.1 Å². The van der Waals surface area contributed by atoms with Crippen LogP contribution in [-0.2, 0) is 6.61 Å². The van der Waals surface area contributed by atoms with Crippen LogP contribution in [0.5, 0.6) is 11.5 Å². The fraction of sp³-hybridized carbons (Fsp3) is 0.111. The van der Waals surface area contributed by atoms with Crippen molar-refractivity contribution in [2.75, 3.05) is 13.7 Å². The minimum Gasteiger partial charge on any atom is -0.496 e. The van der Waals surface area contributed by atoms with E-state index in [0.29, 0.717) is 13.2 Å². The van der Waals surface area contributed by atoms with Crippen molar-refractivity contribution in [1.82, 2.24) is 20.4 Å². The van der Waals surface area contributed by atoms with Gasteiger partial charge in [0, 0.05) is 17.8 Å². The average molecular weight is 450 g/mol. The van der Waals surface area contributed by atoms with E-state index in [9.17, 15) is 0 Å². The first kappa shape index (κ1) is 21.3. The van der Waals surface area contributed by atoms with Crippen LogP contribution in [0.1, 0.15) is 16.8 Å². The number of H-pyrrole nitrogens is 1. The number of ether oxygens (including phenoxy) is 2. The topological polar surface area (TPSA) is 85.3 Å². The van der Waals surface area contributed by atoms with Crippen molar-refractivity contribution in [3.05, 3.63) is 101 Å². The van der Waals surface area contributed by atoms with E-state index in [2.05, 4.69) is 43.6 Å². The lowest BCUT2D eigenvalue weighted by Gasteiger charge is -2.09. The molecule has 0 bridgehead atoms. The van der Waals surface area contributed by atoms with E-state index in [-0.39, 0.29) is 0 Å². The molecule has 168 valence electrons. The van der Waals surface area contributed by atoms with Crippen LogP contribution in [-0.4, -0.2) is 39.8 Å². The van der Waals surface area contributed by atoms with Gasteiger partial charge in [0.1, 0.15) is 29.1 Å². The summed E-state index contributed by atoms with van der Waals surface area (Å²) in [5.41, 5.74) is 6.67. The standard InChI is InChI=1S/C27H23N5O2/c1-33-27-16-24(34-18-23-4-2-3-13-28-23)11-9-21(27)8-10-22-14-20(17-29-22)6-5-19-7-12-25-26(15-19)31-32-30-25/h2-16H,17-18H2,1H3,(H,30,31,32)/b6-5+,10-8+. The Hall–Kier alpha value is -4.52. The zero-order valence-electron chi connectivity index (χ0n) is 18.7. The summed E-state index contributed by atoms with van der Waals surface area (Å²) in [4.78, 5) is 8.88. The van der Waals surface area contributed by atoms with Gasteiger partial charge in [0.15, 0.2) is 0 Å². The molecule has 0 radical (unpaired) electrons. The molecule has 0 amide bonds. The zero-order chi connectivity index (χ0) is 23.2. The molecule has 0 atom stereocenters. The molecule has 0 spiro atoms. The molecule has 34 heavy (non-hydrogen) atoms. The number of aromatic nitrogens is 4. The number of aliphatic imine (C=N–C) groups is 1. The number of benzene rings is 2. The molecule has 1 aliphatic rings. The van der Waals surface area contributed by atoms with Crippen molar-refractivity contribution in [2.45, 2.75) is 6.61 Å². The molecule has 0 aliphatic carbocycles. The van der Waals surface area contributed by atoms with Crippen molar-refractivity contribution in [2.24, 2.45) is 4.99 Å². The first-order valence-corrected chi connectivity index (χ1v) is 10.9. The number of hydrogen-bond donors (Lipinski definition) is 1. The number of nitrogens with zero attached hydrogens (tertiary/aromatic N) is 4. The van der Waals surface area contributed by atoms with Crippen molar-refractivity contribution in [3.8, 4) is 11.5 Å².